The molecule has 1 N–H and O–H groups in total. The summed E-state index contributed by atoms with van der Waals surface area (Å²) in [4.78, 5) is 18.0. The summed E-state index contributed by atoms with van der Waals surface area (Å²) in [6, 6.07) is 9.34. The van der Waals surface area contributed by atoms with Crippen LogP contribution >= 0.6 is 23.5 Å². The van der Waals surface area contributed by atoms with Gasteiger partial charge in [-0.3, -0.25) is 4.98 Å². The largest absolute Gasteiger partial charge is 0.478 e. The van der Waals surface area contributed by atoms with Gasteiger partial charge >= 0.3 is 5.97 Å². The van der Waals surface area contributed by atoms with Crippen molar-refractivity contribution < 1.29 is 9.90 Å². The van der Waals surface area contributed by atoms with Crippen LogP contribution < -0.4 is 0 Å². The molecule has 0 bridgehead atoms. The summed E-state index contributed by atoms with van der Waals surface area (Å²) in [6.45, 7) is 2.01. The molecule has 0 amide bonds. The molecule has 0 aliphatic rings. The van der Waals surface area contributed by atoms with E-state index in [1.165, 1.54) is 11.8 Å². The molecule has 0 fully saturated rings. The molecule has 98 valence electrons. The molecule has 0 atom stereocenters. The number of nitrogens with zero attached hydrogens (tertiary/aromatic N) is 1. The van der Waals surface area contributed by atoms with Crippen LogP contribution in [0.25, 0.3) is 0 Å². The average Bonchev–Trinajstić information content (AvgIpc) is 2.40. The van der Waals surface area contributed by atoms with Crippen molar-refractivity contribution in [2.75, 3.05) is 5.75 Å². The monoisotopic (exact) mass is 291 g/mol. The number of thioether (sulfide) groups is 1. The minimum absolute atomic E-state index is 0.385. The smallest absolute Gasteiger partial charge is 0.337 e. The predicted octanol–water partition coefficient (Wildman–Crippen LogP) is 4.04. The number of rotatable bonds is 5. The Labute approximate surface area is 120 Å². The van der Waals surface area contributed by atoms with Crippen LogP contribution in [0.3, 0.4) is 0 Å². The van der Waals surface area contributed by atoms with Crippen LogP contribution in [-0.2, 0) is 0 Å². The van der Waals surface area contributed by atoms with Crippen molar-refractivity contribution in [1.82, 2.24) is 4.98 Å². The third-order valence-corrected chi connectivity index (χ3v) is 4.39. The lowest BCUT2D eigenvalue weighted by Crippen LogP contribution is -2.01. The third kappa shape index (κ3) is 3.52. The van der Waals surface area contributed by atoms with E-state index in [9.17, 15) is 9.90 Å². The van der Waals surface area contributed by atoms with Crippen LogP contribution in [0.1, 0.15) is 17.3 Å². The summed E-state index contributed by atoms with van der Waals surface area (Å²) in [7, 11) is 0. The highest BCUT2D eigenvalue weighted by atomic mass is 32.2. The number of aromatic carboxylic acids is 1. The molecular formula is C14H13NO2S2. The molecule has 2 rings (SSSR count). The molecule has 1 aromatic carbocycles. The van der Waals surface area contributed by atoms with Crippen LogP contribution in [0.15, 0.2) is 57.4 Å². The van der Waals surface area contributed by atoms with Gasteiger partial charge in [0.2, 0.25) is 0 Å². The lowest BCUT2D eigenvalue weighted by atomic mass is 10.2. The lowest BCUT2D eigenvalue weighted by molar-refractivity contribution is 0.0689. The highest BCUT2D eigenvalue weighted by Gasteiger charge is 2.16. The maximum Gasteiger partial charge on any atom is 0.337 e. The predicted molar refractivity (Wildman–Crippen MR) is 78.2 cm³/mol. The van der Waals surface area contributed by atoms with E-state index in [1.807, 2.05) is 37.3 Å². The van der Waals surface area contributed by atoms with Crippen molar-refractivity contribution in [3.63, 3.8) is 0 Å². The Bertz CT molecular complexity index is 573. The molecule has 0 saturated carbocycles. The topological polar surface area (TPSA) is 50.2 Å². The van der Waals surface area contributed by atoms with E-state index < -0.39 is 5.97 Å². The summed E-state index contributed by atoms with van der Waals surface area (Å²) >= 11 is 3.00. The van der Waals surface area contributed by atoms with Gasteiger partial charge in [-0.2, -0.15) is 0 Å². The van der Waals surface area contributed by atoms with E-state index in [2.05, 4.69) is 4.98 Å². The Morgan fingerprint density at radius 3 is 2.53 bits per heavy atom. The number of hydrogen-bond donors (Lipinski definition) is 1. The number of benzene rings is 1. The van der Waals surface area contributed by atoms with Crippen molar-refractivity contribution in [2.24, 2.45) is 0 Å². The van der Waals surface area contributed by atoms with Gasteiger partial charge in [-0.25, -0.2) is 4.79 Å². The van der Waals surface area contributed by atoms with Gasteiger partial charge in [0.05, 0.1) is 5.56 Å². The number of aromatic nitrogens is 1. The van der Waals surface area contributed by atoms with Crippen molar-refractivity contribution in [3.05, 3.63) is 48.3 Å². The fourth-order valence-corrected chi connectivity index (χ4v) is 3.47. The Morgan fingerprint density at radius 1 is 1.21 bits per heavy atom. The Balaban J connectivity index is 2.39. The second-order valence-electron chi connectivity index (χ2n) is 3.65. The Hall–Kier alpha value is -1.46. The zero-order chi connectivity index (χ0) is 13.7. The maximum absolute atomic E-state index is 11.5. The van der Waals surface area contributed by atoms with E-state index >= 15 is 0 Å². The van der Waals surface area contributed by atoms with E-state index in [4.69, 9.17) is 0 Å². The van der Waals surface area contributed by atoms with Crippen molar-refractivity contribution in [2.45, 2.75) is 21.6 Å². The first-order valence-electron chi connectivity index (χ1n) is 5.79. The molecule has 0 unspecified atom stereocenters. The fourth-order valence-electron chi connectivity index (χ4n) is 1.62. The van der Waals surface area contributed by atoms with Gasteiger partial charge in [-0.1, -0.05) is 24.8 Å². The number of carboxylic acid groups (broad SMARTS) is 1. The summed E-state index contributed by atoms with van der Waals surface area (Å²) in [5.74, 6) is -0.0305. The normalized spacial score (nSPS) is 10.4. The van der Waals surface area contributed by atoms with E-state index in [1.54, 1.807) is 24.2 Å². The van der Waals surface area contributed by atoms with E-state index in [-0.39, 0.29) is 0 Å². The van der Waals surface area contributed by atoms with Crippen LogP contribution in [0, 0.1) is 0 Å². The molecule has 5 heteroatoms. The fraction of sp³-hybridized carbons (Fsp3) is 0.143. The van der Waals surface area contributed by atoms with Gasteiger partial charge in [-0.05, 0) is 30.0 Å². The number of carbonyl (C=O) groups is 1. The molecule has 0 saturated heterocycles. The summed E-state index contributed by atoms with van der Waals surface area (Å²) in [5, 5.41) is 9.41. The van der Waals surface area contributed by atoms with Crippen LogP contribution in [0.2, 0.25) is 0 Å². The summed E-state index contributed by atoms with van der Waals surface area (Å²) in [5.41, 5.74) is 0.385. The first-order chi connectivity index (χ1) is 9.22. The first kappa shape index (κ1) is 14.0. The molecular weight excluding hydrogens is 278 g/mol. The second-order valence-corrected chi connectivity index (χ2v) is 6.07. The molecule has 0 spiro atoms. The zero-order valence-corrected chi connectivity index (χ0v) is 12.0. The van der Waals surface area contributed by atoms with Gasteiger partial charge in [0.1, 0.15) is 0 Å². The van der Waals surface area contributed by atoms with Crippen LogP contribution in [0.4, 0.5) is 0 Å². The van der Waals surface area contributed by atoms with Crippen molar-refractivity contribution >= 4 is 29.5 Å². The van der Waals surface area contributed by atoms with E-state index in [0.717, 1.165) is 20.4 Å². The van der Waals surface area contributed by atoms with Gasteiger partial charge in [0, 0.05) is 27.1 Å². The molecule has 2 aromatic rings. The molecule has 0 radical (unpaired) electrons. The standard InChI is InChI=1S/C14H13NO2S2/c1-2-18-11-4-3-5-12(13(11)14(16)17)19-10-6-8-15-9-7-10/h3-9H,2H2,1H3,(H,16,17). The third-order valence-electron chi connectivity index (χ3n) is 2.38. The van der Waals surface area contributed by atoms with E-state index in [0.29, 0.717) is 5.56 Å². The van der Waals surface area contributed by atoms with Gasteiger partial charge in [0.15, 0.2) is 0 Å². The summed E-state index contributed by atoms with van der Waals surface area (Å²) in [6.07, 6.45) is 3.40. The quantitative estimate of drug-likeness (QED) is 0.842. The maximum atomic E-state index is 11.5. The van der Waals surface area contributed by atoms with Crippen LogP contribution in [0.5, 0.6) is 0 Å². The Kier molecular flexibility index (Phi) is 4.87. The molecule has 0 aliphatic heterocycles. The molecule has 1 heterocycles. The van der Waals surface area contributed by atoms with Crippen LogP contribution in [-0.4, -0.2) is 21.8 Å². The lowest BCUT2D eigenvalue weighted by Gasteiger charge is -2.10. The minimum atomic E-state index is -0.881. The molecule has 19 heavy (non-hydrogen) atoms. The Morgan fingerprint density at radius 2 is 1.89 bits per heavy atom. The van der Waals surface area contributed by atoms with Gasteiger partial charge in [0.25, 0.3) is 0 Å². The van der Waals surface area contributed by atoms with Gasteiger partial charge in [-0.15, -0.1) is 11.8 Å². The van der Waals surface area contributed by atoms with Crippen molar-refractivity contribution in [1.29, 1.82) is 0 Å². The van der Waals surface area contributed by atoms with Crippen molar-refractivity contribution in [3.8, 4) is 0 Å². The molecule has 0 aliphatic carbocycles. The minimum Gasteiger partial charge on any atom is -0.478 e. The molecule has 3 nitrogen and oxygen atoms in total. The zero-order valence-electron chi connectivity index (χ0n) is 10.4. The first-order valence-corrected chi connectivity index (χ1v) is 7.59. The highest BCUT2D eigenvalue weighted by molar-refractivity contribution is 8.00. The number of pyridine rings is 1. The average molecular weight is 291 g/mol. The number of hydrogen-bond acceptors (Lipinski definition) is 4. The SMILES string of the molecule is CCSc1cccc(Sc2ccncc2)c1C(=O)O. The second kappa shape index (κ2) is 6.63. The number of carboxylic acids is 1. The summed E-state index contributed by atoms with van der Waals surface area (Å²) < 4.78 is 0. The molecule has 1 aromatic heterocycles. The van der Waals surface area contributed by atoms with Gasteiger partial charge < -0.3 is 5.11 Å². The highest BCUT2D eigenvalue weighted by Crippen LogP contribution is 2.35.